The molecule has 6 heteroatoms. The minimum Gasteiger partial charge on any atom is -0.496 e. The maximum absolute atomic E-state index is 12.3. The summed E-state index contributed by atoms with van der Waals surface area (Å²) < 4.78 is 5.35. The molecule has 0 saturated heterocycles. The van der Waals surface area contributed by atoms with Gasteiger partial charge in [0, 0.05) is 23.7 Å². The molecule has 0 bridgehead atoms. The van der Waals surface area contributed by atoms with Crippen molar-refractivity contribution in [3.05, 3.63) is 47.3 Å². The van der Waals surface area contributed by atoms with Crippen LogP contribution in [0.4, 0.5) is 0 Å². The molecule has 3 rings (SSSR count). The first-order chi connectivity index (χ1) is 11.7. The number of aliphatic hydroxyl groups is 1. The lowest BCUT2D eigenvalue weighted by Gasteiger charge is -2.25. The lowest BCUT2D eigenvalue weighted by atomic mass is 9.93. The summed E-state index contributed by atoms with van der Waals surface area (Å²) >= 11 is 0. The zero-order chi connectivity index (χ0) is 16.9. The van der Waals surface area contributed by atoms with Crippen LogP contribution in [0.5, 0.6) is 5.75 Å². The highest BCUT2D eigenvalue weighted by Gasteiger charge is 2.22. The van der Waals surface area contributed by atoms with Crippen molar-refractivity contribution >= 4 is 5.91 Å². The van der Waals surface area contributed by atoms with Crippen molar-refractivity contribution in [2.24, 2.45) is 0 Å². The molecule has 0 unspecified atom stereocenters. The van der Waals surface area contributed by atoms with Crippen LogP contribution in [0, 0.1) is 0 Å². The number of amides is 1. The topological polar surface area (TPSA) is 87.2 Å². The molecule has 128 valence electrons. The van der Waals surface area contributed by atoms with Crippen LogP contribution in [0.25, 0.3) is 0 Å². The van der Waals surface area contributed by atoms with Gasteiger partial charge in [-0.25, -0.2) is 0 Å². The number of carbonyl (C=O) groups excluding carboxylic acids is 1. The van der Waals surface area contributed by atoms with Crippen LogP contribution in [0.1, 0.15) is 47.4 Å². The zero-order valence-electron chi connectivity index (χ0n) is 13.8. The van der Waals surface area contributed by atoms with Gasteiger partial charge in [-0.15, -0.1) is 0 Å². The van der Waals surface area contributed by atoms with Crippen molar-refractivity contribution < 1.29 is 14.6 Å². The Bertz CT molecular complexity index is 690. The van der Waals surface area contributed by atoms with Gasteiger partial charge in [-0.1, -0.05) is 18.2 Å². The average Bonchev–Trinajstić information content (AvgIpc) is 3.06. The van der Waals surface area contributed by atoms with Crippen molar-refractivity contribution in [2.75, 3.05) is 7.11 Å². The number of hydrogen-bond donors (Lipinski definition) is 3. The van der Waals surface area contributed by atoms with Crippen LogP contribution < -0.4 is 10.1 Å². The molecule has 1 aliphatic carbocycles. The summed E-state index contributed by atoms with van der Waals surface area (Å²) in [5.41, 5.74) is 2.30. The average molecular weight is 329 g/mol. The summed E-state index contributed by atoms with van der Waals surface area (Å²) in [7, 11) is 1.64. The second-order valence-corrected chi connectivity index (χ2v) is 6.25. The molecule has 1 saturated carbocycles. The minimum absolute atomic E-state index is 0.121. The monoisotopic (exact) mass is 329 g/mol. The maximum Gasteiger partial charge on any atom is 0.271 e. The summed E-state index contributed by atoms with van der Waals surface area (Å²) in [4.78, 5) is 12.3. The van der Waals surface area contributed by atoms with Gasteiger partial charge in [0.2, 0.25) is 0 Å². The van der Waals surface area contributed by atoms with E-state index in [9.17, 15) is 9.90 Å². The van der Waals surface area contributed by atoms with Gasteiger partial charge in [0.15, 0.2) is 0 Å². The second kappa shape index (κ2) is 7.49. The Morgan fingerprint density at radius 2 is 2.08 bits per heavy atom. The number of aromatic amines is 1. The largest absolute Gasteiger partial charge is 0.496 e. The van der Waals surface area contributed by atoms with E-state index in [0.29, 0.717) is 12.1 Å². The molecule has 0 radical (unpaired) electrons. The molecule has 0 atom stereocenters. The van der Waals surface area contributed by atoms with E-state index in [1.807, 2.05) is 24.3 Å². The number of rotatable bonds is 5. The Hall–Kier alpha value is -2.34. The van der Waals surface area contributed by atoms with E-state index in [-0.39, 0.29) is 18.1 Å². The summed E-state index contributed by atoms with van der Waals surface area (Å²) in [6.07, 6.45) is 3.50. The SMILES string of the molecule is COc1ccccc1Cc1cc(C(=O)NC2CCC(O)CC2)n[nH]1. The predicted molar refractivity (Wildman–Crippen MR) is 90.1 cm³/mol. The van der Waals surface area contributed by atoms with Crippen molar-refractivity contribution in [3.63, 3.8) is 0 Å². The van der Waals surface area contributed by atoms with Gasteiger partial charge in [-0.2, -0.15) is 5.10 Å². The van der Waals surface area contributed by atoms with Gasteiger partial charge in [-0.3, -0.25) is 9.89 Å². The fourth-order valence-corrected chi connectivity index (χ4v) is 3.10. The van der Waals surface area contributed by atoms with E-state index < -0.39 is 0 Å². The van der Waals surface area contributed by atoms with Gasteiger partial charge in [-0.05, 0) is 37.8 Å². The molecular weight excluding hydrogens is 306 g/mol. The maximum atomic E-state index is 12.3. The van der Waals surface area contributed by atoms with Crippen LogP contribution in [-0.2, 0) is 6.42 Å². The quantitative estimate of drug-likeness (QED) is 0.783. The van der Waals surface area contributed by atoms with Gasteiger partial charge in [0.1, 0.15) is 11.4 Å². The lowest BCUT2D eigenvalue weighted by molar-refractivity contribution is 0.0863. The molecule has 1 fully saturated rings. The van der Waals surface area contributed by atoms with Crippen LogP contribution in [0.3, 0.4) is 0 Å². The third-order valence-corrected chi connectivity index (χ3v) is 4.47. The number of nitrogens with zero attached hydrogens (tertiary/aromatic N) is 1. The highest BCUT2D eigenvalue weighted by atomic mass is 16.5. The molecular formula is C18H23N3O3. The van der Waals surface area contributed by atoms with Crippen molar-refractivity contribution in [3.8, 4) is 5.75 Å². The van der Waals surface area contributed by atoms with Gasteiger partial charge >= 0.3 is 0 Å². The first-order valence-corrected chi connectivity index (χ1v) is 8.31. The molecule has 24 heavy (non-hydrogen) atoms. The van der Waals surface area contributed by atoms with Gasteiger partial charge in [0.25, 0.3) is 5.91 Å². The van der Waals surface area contributed by atoms with Crippen molar-refractivity contribution in [1.29, 1.82) is 0 Å². The number of carbonyl (C=O) groups is 1. The Morgan fingerprint density at radius 1 is 1.33 bits per heavy atom. The Labute approximate surface area is 141 Å². The third kappa shape index (κ3) is 3.94. The molecule has 1 aromatic heterocycles. The summed E-state index contributed by atoms with van der Waals surface area (Å²) in [6, 6.07) is 9.69. The number of para-hydroxylation sites is 1. The van der Waals surface area contributed by atoms with Gasteiger partial charge in [0.05, 0.1) is 13.2 Å². The van der Waals surface area contributed by atoms with E-state index in [4.69, 9.17) is 4.74 Å². The van der Waals surface area contributed by atoms with Crippen LogP contribution in [0.2, 0.25) is 0 Å². The Balaban J connectivity index is 1.61. The molecule has 1 amide bonds. The molecule has 0 aliphatic heterocycles. The van der Waals surface area contributed by atoms with Crippen molar-refractivity contribution in [2.45, 2.75) is 44.2 Å². The van der Waals surface area contributed by atoms with Crippen molar-refractivity contribution in [1.82, 2.24) is 15.5 Å². The molecule has 1 aromatic carbocycles. The van der Waals surface area contributed by atoms with Crippen LogP contribution in [-0.4, -0.2) is 40.5 Å². The number of aromatic nitrogens is 2. The molecule has 1 heterocycles. The van der Waals surface area contributed by atoms with E-state index in [0.717, 1.165) is 42.7 Å². The highest BCUT2D eigenvalue weighted by molar-refractivity contribution is 5.92. The molecule has 2 aromatic rings. The van der Waals surface area contributed by atoms with Crippen LogP contribution >= 0.6 is 0 Å². The number of ether oxygens (including phenoxy) is 1. The number of methoxy groups -OCH3 is 1. The fourth-order valence-electron chi connectivity index (χ4n) is 3.10. The zero-order valence-corrected chi connectivity index (χ0v) is 13.8. The predicted octanol–water partition coefficient (Wildman–Crippen LogP) is 2.04. The standard InChI is InChI=1S/C18H23N3O3/c1-24-17-5-3-2-4-12(17)10-14-11-16(21-20-14)18(23)19-13-6-8-15(22)9-7-13/h2-5,11,13,15,22H,6-10H2,1H3,(H,19,23)(H,20,21). The first kappa shape index (κ1) is 16.5. The summed E-state index contributed by atoms with van der Waals surface area (Å²) in [6.45, 7) is 0. The van der Waals surface area contributed by atoms with Gasteiger partial charge < -0.3 is 15.2 Å². The number of benzene rings is 1. The highest BCUT2D eigenvalue weighted by Crippen LogP contribution is 2.21. The number of nitrogens with one attached hydrogen (secondary N) is 2. The van der Waals surface area contributed by atoms with E-state index in [2.05, 4.69) is 15.5 Å². The molecule has 3 N–H and O–H groups in total. The van der Waals surface area contributed by atoms with E-state index >= 15 is 0 Å². The number of H-pyrrole nitrogens is 1. The second-order valence-electron chi connectivity index (χ2n) is 6.25. The molecule has 0 spiro atoms. The Kier molecular flexibility index (Phi) is 5.15. The third-order valence-electron chi connectivity index (χ3n) is 4.47. The molecule has 6 nitrogen and oxygen atoms in total. The normalized spacial score (nSPS) is 20.6. The lowest BCUT2D eigenvalue weighted by Crippen LogP contribution is -2.38. The summed E-state index contributed by atoms with van der Waals surface area (Å²) in [5, 5.41) is 19.6. The first-order valence-electron chi connectivity index (χ1n) is 8.31. The summed E-state index contributed by atoms with van der Waals surface area (Å²) in [5.74, 6) is 0.651. The van der Waals surface area contributed by atoms with E-state index in [1.54, 1.807) is 13.2 Å². The smallest absolute Gasteiger partial charge is 0.271 e. The van der Waals surface area contributed by atoms with E-state index in [1.165, 1.54) is 0 Å². The minimum atomic E-state index is -0.226. The molecule has 1 aliphatic rings. The fraction of sp³-hybridized carbons (Fsp3) is 0.444. The van der Waals surface area contributed by atoms with Crippen LogP contribution in [0.15, 0.2) is 30.3 Å². The number of hydrogen-bond acceptors (Lipinski definition) is 4. The Morgan fingerprint density at radius 3 is 2.83 bits per heavy atom. The number of aliphatic hydroxyl groups excluding tert-OH is 1.